The fourth-order valence-electron chi connectivity index (χ4n) is 4.57. The fourth-order valence-corrected chi connectivity index (χ4v) is 5.09. The van der Waals surface area contributed by atoms with Gasteiger partial charge in [0.25, 0.3) is 0 Å². The van der Waals surface area contributed by atoms with Crippen molar-refractivity contribution in [2.45, 2.75) is 56.9 Å². The van der Waals surface area contributed by atoms with E-state index in [4.69, 9.17) is 15.2 Å². The minimum atomic E-state index is -1.82. The van der Waals surface area contributed by atoms with E-state index in [2.05, 4.69) is 5.32 Å². The Morgan fingerprint density at radius 1 is 1.15 bits per heavy atom. The average molecular weight is 558 g/mol. The second kappa shape index (κ2) is 12.8. The third-order valence-electron chi connectivity index (χ3n) is 6.57. The predicted molar refractivity (Wildman–Crippen MR) is 154 cm³/mol. The van der Waals surface area contributed by atoms with Crippen LogP contribution in [-0.2, 0) is 14.3 Å². The Labute approximate surface area is 234 Å². The Morgan fingerprint density at radius 3 is 2.46 bits per heavy atom. The smallest absolute Gasteiger partial charge is 0.410 e. The van der Waals surface area contributed by atoms with E-state index in [-0.39, 0.29) is 19.0 Å². The zero-order valence-electron chi connectivity index (χ0n) is 23.2. The number of nitrogens with one attached hydrogen (secondary N) is 1. The number of methoxy groups -OCH3 is 1. The third-order valence-corrected chi connectivity index (χ3v) is 7.18. The quantitative estimate of drug-likeness (QED) is 0.226. The molecule has 1 saturated heterocycles. The summed E-state index contributed by atoms with van der Waals surface area (Å²) in [5.41, 5.74) is 6.38. The van der Waals surface area contributed by atoms with Gasteiger partial charge in [0.15, 0.2) is 11.3 Å². The van der Waals surface area contributed by atoms with Gasteiger partial charge in [-0.3, -0.25) is 4.79 Å². The summed E-state index contributed by atoms with van der Waals surface area (Å²) >= 11 is 1.49. The van der Waals surface area contributed by atoms with Gasteiger partial charge in [0.2, 0.25) is 0 Å². The predicted octanol–water partition coefficient (Wildman–Crippen LogP) is 3.94. The van der Waals surface area contributed by atoms with Crippen LogP contribution in [0.25, 0.3) is 11.1 Å². The number of nitrogens with two attached hydrogens (primary N) is 1. The molecule has 3 rings (SSSR count). The number of likely N-dealkylation sites (tertiary alicyclic amines) is 1. The molecule has 10 heteroatoms. The SMILES string of the molecule is COC(=O)C(N)(CCSC)C(=O)c1ccc(NC[C@@H]2C[C@@H](O)CN2C(=O)OC(C)(C)C)cc1-c1ccccc1. The van der Waals surface area contributed by atoms with Crippen molar-refractivity contribution in [2.75, 3.05) is 37.5 Å². The van der Waals surface area contributed by atoms with Crippen LogP contribution in [0, 0.1) is 0 Å². The minimum Gasteiger partial charge on any atom is -0.467 e. The van der Waals surface area contributed by atoms with Gasteiger partial charge >= 0.3 is 12.1 Å². The number of ketones is 1. The lowest BCUT2D eigenvalue weighted by Gasteiger charge is -2.29. The molecule has 0 spiro atoms. The van der Waals surface area contributed by atoms with Gasteiger partial charge in [-0.05, 0) is 74.9 Å². The Kier molecular flexibility index (Phi) is 10.0. The highest BCUT2D eigenvalue weighted by atomic mass is 32.2. The number of hydrogen-bond acceptors (Lipinski definition) is 9. The summed E-state index contributed by atoms with van der Waals surface area (Å²) in [6.07, 6.45) is 1.33. The topological polar surface area (TPSA) is 131 Å². The van der Waals surface area contributed by atoms with Crippen molar-refractivity contribution in [1.82, 2.24) is 4.90 Å². The Balaban J connectivity index is 1.91. The van der Waals surface area contributed by atoms with E-state index < -0.39 is 35.1 Å². The van der Waals surface area contributed by atoms with E-state index in [1.165, 1.54) is 18.9 Å². The number of thioether (sulfide) groups is 1. The number of benzene rings is 2. The van der Waals surface area contributed by atoms with Gasteiger partial charge in [0.05, 0.1) is 25.8 Å². The van der Waals surface area contributed by atoms with Crippen LogP contribution < -0.4 is 11.1 Å². The molecule has 1 aliphatic rings. The molecule has 2 aromatic rings. The zero-order valence-corrected chi connectivity index (χ0v) is 24.0. The summed E-state index contributed by atoms with van der Waals surface area (Å²) in [5, 5.41) is 13.6. The van der Waals surface area contributed by atoms with Crippen LogP contribution in [0.4, 0.5) is 10.5 Å². The molecule has 3 atom stereocenters. The standard InChI is InChI=1S/C29H39N3O6S/c1-28(2,3)38-27(36)32-18-22(33)16-21(32)17-31-20-11-12-23(24(15-20)19-9-7-6-8-10-19)25(34)29(30,13-14-39-5)26(35)37-4/h6-12,15,21-22,31,33H,13-14,16-18,30H2,1-5H3/t21-,22+,29?/m0/s1. The molecule has 2 aromatic carbocycles. The first kappa shape index (κ1) is 30.5. The maximum atomic E-state index is 13.8. The highest BCUT2D eigenvalue weighted by Gasteiger charge is 2.44. The number of rotatable bonds is 10. The number of hydrogen-bond donors (Lipinski definition) is 3. The minimum absolute atomic E-state index is 0.137. The zero-order chi connectivity index (χ0) is 28.8. The van der Waals surface area contributed by atoms with Gasteiger partial charge in [0, 0.05) is 17.8 Å². The molecule has 0 radical (unpaired) electrons. The Hall–Kier alpha value is -3.08. The number of Topliss-reactive ketones (excluding diaryl/α,β-unsaturated/α-hetero) is 1. The van der Waals surface area contributed by atoms with Crippen molar-refractivity contribution in [2.24, 2.45) is 5.73 Å². The monoisotopic (exact) mass is 557 g/mol. The lowest BCUT2D eigenvalue weighted by molar-refractivity contribution is -0.145. The summed E-state index contributed by atoms with van der Waals surface area (Å²) in [6, 6.07) is 14.3. The molecule has 39 heavy (non-hydrogen) atoms. The third kappa shape index (κ3) is 7.52. The number of ether oxygens (including phenoxy) is 2. The Bertz CT molecular complexity index is 1170. The molecule has 0 aliphatic carbocycles. The molecule has 1 aliphatic heterocycles. The Morgan fingerprint density at radius 2 is 1.85 bits per heavy atom. The lowest BCUT2D eigenvalue weighted by atomic mass is 9.84. The van der Waals surface area contributed by atoms with E-state index in [0.717, 1.165) is 5.56 Å². The fraction of sp³-hybridized carbons (Fsp3) is 0.483. The second-order valence-electron chi connectivity index (χ2n) is 10.7. The van der Waals surface area contributed by atoms with Gasteiger partial charge in [-0.2, -0.15) is 11.8 Å². The number of aliphatic hydroxyl groups excluding tert-OH is 1. The number of aliphatic hydroxyl groups is 1. The normalized spacial score (nSPS) is 18.8. The molecule has 1 fully saturated rings. The first-order chi connectivity index (χ1) is 18.4. The second-order valence-corrected chi connectivity index (χ2v) is 11.7. The van der Waals surface area contributed by atoms with Crippen LogP contribution in [0.3, 0.4) is 0 Å². The highest BCUT2D eigenvalue weighted by Crippen LogP contribution is 2.31. The first-order valence-corrected chi connectivity index (χ1v) is 14.3. The maximum absolute atomic E-state index is 13.8. The van der Waals surface area contributed by atoms with E-state index in [9.17, 15) is 19.5 Å². The van der Waals surface area contributed by atoms with Crippen molar-refractivity contribution < 1.29 is 29.0 Å². The van der Waals surface area contributed by atoms with Gasteiger partial charge < -0.3 is 30.5 Å². The van der Waals surface area contributed by atoms with Gasteiger partial charge in [0.1, 0.15) is 5.60 Å². The van der Waals surface area contributed by atoms with Crippen molar-refractivity contribution in [3.63, 3.8) is 0 Å². The lowest BCUT2D eigenvalue weighted by Crippen LogP contribution is -2.56. The molecule has 0 bridgehead atoms. The van der Waals surface area contributed by atoms with E-state index >= 15 is 0 Å². The number of carbonyl (C=O) groups excluding carboxylic acids is 3. The molecular weight excluding hydrogens is 518 g/mol. The molecule has 1 heterocycles. The van der Waals surface area contributed by atoms with E-state index in [1.807, 2.05) is 42.7 Å². The summed E-state index contributed by atoms with van der Waals surface area (Å²) in [6.45, 7) is 5.97. The molecular formula is C29H39N3O6S. The van der Waals surface area contributed by atoms with Crippen molar-refractivity contribution in [3.8, 4) is 11.1 Å². The summed E-state index contributed by atoms with van der Waals surface area (Å²) in [7, 11) is 1.22. The average Bonchev–Trinajstić information content (AvgIpc) is 3.29. The van der Waals surface area contributed by atoms with E-state index in [1.54, 1.807) is 37.8 Å². The summed E-state index contributed by atoms with van der Waals surface area (Å²) < 4.78 is 10.4. The maximum Gasteiger partial charge on any atom is 0.410 e. The number of β-amino-alcohol motifs (C(OH)–C–C–N with tert-alkyl or cyclic N) is 1. The van der Waals surface area contributed by atoms with Crippen molar-refractivity contribution >= 4 is 35.3 Å². The summed E-state index contributed by atoms with van der Waals surface area (Å²) in [4.78, 5) is 40.7. The largest absolute Gasteiger partial charge is 0.467 e. The number of amides is 1. The number of nitrogens with zero attached hydrogens (tertiary/aromatic N) is 1. The van der Waals surface area contributed by atoms with Crippen LogP contribution in [0.15, 0.2) is 48.5 Å². The summed E-state index contributed by atoms with van der Waals surface area (Å²) in [5.74, 6) is -0.771. The van der Waals surface area contributed by atoms with Crippen LogP contribution in [0.1, 0.15) is 44.0 Å². The molecule has 212 valence electrons. The van der Waals surface area contributed by atoms with Crippen molar-refractivity contribution in [1.29, 1.82) is 0 Å². The number of esters is 1. The van der Waals surface area contributed by atoms with Crippen LogP contribution in [0.2, 0.25) is 0 Å². The molecule has 0 saturated carbocycles. The highest BCUT2D eigenvalue weighted by molar-refractivity contribution is 7.98. The van der Waals surface area contributed by atoms with Crippen LogP contribution >= 0.6 is 11.8 Å². The van der Waals surface area contributed by atoms with E-state index in [0.29, 0.717) is 35.5 Å². The number of anilines is 1. The van der Waals surface area contributed by atoms with Crippen LogP contribution in [-0.4, -0.2) is 83.3 Å². The van der Waals surface area contributed by atoms with Gasteiger partial charge in [-0.25, -0.2) is 9.59 Å². The molecule has 1 unspecified atom stereocenters. The van der Waals surface area contributed by atoms with Crippen molar-refractivity contribution in [3.05, 3.63) is 54.1 Å². The van der Waals surface area contributed by atoms with Crippen LogP contribution in [0.5, 0.6) is 0 Å². The molecule has 4 N–H and O–H groups in total. The van der Waals surface area contributed by atoms with Gasteiger partial charge in [-0.1, -0.05) is 30.3 Å². The molecule has 9 nitrogen and oxygen atoms in total. The first-order valence-electron chi connectivity index (χ1n) is 12.9. The molecule has 1 amide bonds. The molecule has 0 aromatic heterocycles. The van der Waals surface area contributed by atoms with Gasteiger partial charge in [-0.15, -0.1) is 0 Å². The number of carbonyl (C=O) groups is 3.